The summed E-state index contributed by atoms with van der Waals surface area (Å²) in [6.45, 7) is 1.18. The zero-order valence-electron chi connectivity index (χ0n) is 15.4. The molecule has 1 fully saturated rings. The Morgan fingerprint density at radius 1 is 0.966 bits per heavy atom. The van der Waals surface area contributed by atoms with Crippen LogP contribution in [0.3, 0.4) is 0 Å². The minimum atomic E-state index is -1.52. The number of rotatable bonds is 4. The van der Waals surface area contributed by atoms with Crippen molar-refractivity contribution in [2.75, 3.05) is 31.3 Å². The van der Waals surface area contributed by atoms with Gasteiger partial charge in [0.2, 0.25) is 0 Å². The molecule has 1 spiro atoms. The van der Waals surface area contributed by atoms with Crippen molar-refractivity contribution in [2.45, 2.75) is 5.79 Å². The fourth-order valence-electron chi connectivity index (χ4n) is 3.97. The number of ether oxygens (including phenoxy) is 3. The van der Waals surface area contributed by atoms with Crippen molar-refractivity contribution in [3.63, 3.8) is 0 Å². The predicted molar refractivity (Wildman–Crippen MR) is 112 cm³/mol. The van der Waals surface area contributed by atoms with E-state index in [1.807, 2.05) is 42.5 Å². The first-order valence-corrected chi connectivity index (χ1v) is 10.1. The Balaban J connectivity index is 1.44. The molecular formula is C22H17Cl2NO4. The summed E-state index contributed by atoms with van der Waals surface area (Å²) in [5.41, 5.74) is 0.993. The summed E-state index contributed by atoms with van der Waals surface area (Å²) in [6.07, 6.45) is 0. The largest absolute Gasteiger partial charge is 0.491 e. The van der Waals surface area contributed by atoms with Crippen LogP contribution in [0.15, 0.2) is 54.6 Å². The van der Waals surface area contributed by atoms with E-state index in [0.29, 0.717) is 34.5 Å². The molecular weight excluding hydrogens is 413 g/mol. The predicted octanol–water partition coefficient (Wildman–Crippen LogP) is 4.77. The zero-order valence-corrected chi connectivity index (χ0v) is 16.9. The highest BCUT2D eigenvalue weighted by Crippen LogP contribution is 2.51. The van der Waals surface area contributed by atoms with Gasteiger partial charge in [-0.15, -0.1) is 0 Å². The van der Waals surface area contributed by atoms with Crippen molar-refractivity contribution in [1.29, 1.82) is 0 Å². The lowest BCUT2D eigenvalue weighted by atomic mass is 10.1. The van der Waals surface area contributed by atoms with Gasteiger partial charge < -0.3 is 19.1 Å². The fourth-order valence-corrected chi connectivity index (χ4v) is 4.50. The molecule has 7 heteroatoms. The van der Waals surface area contributed by atoms with Gasteiger partial charge in [-0.25, -0.2) is 0 Å². The maximum absolute atomic E-state index is 13.2. The van der Waals surface area contributed by atoms with E-state index in [1.54, 1.807) is 17.0 Å². The molecule has 2 aliphatic rings. The van der Waals surface area contributed by atoms with Crippen LogP contribution in [-0.2, 0) is 20.1 Å². The Bertz CT molecular complexity index is 1110. The number of carbonyl (C=O) groups is 1. The van der Waals surface area contributed by atoms with Crippen molar-refractivity contribution in [2.24, 2.45) is 0 Å². The third-order valence-corrected chi connectivity index (χ3v) is 5.84. The second-order valence-electron chi connectivity index (χ2n) is 6.85. The number of hydrogen-bond acceptors (Lipinski definition) is 4. The molecule has 0 N–H and O–H groups in total. The Hall–Kier alpha value is -2.31. The van der Waals surface area contributed by atoms with Crippen molar-refractivity contribution < 1.29 is 19.0 Å². The lowest BCUT2D eigenvalue weighted by Gasteiger charge is -2.22. The molecule has 148 valence electrons. The highest BCUT2D eigenvalue weighted by molar-refractivity contribution is 6.38. The van der Waals surface area contributed by atoms with Crippen LogP contribution in [0.25, 0.3) is 10.8 Å². The first-order chi connectivity index (χ1) is 14.1. The van der Waals surface area contributed by atoms with Crippen molar-refractivity contribution in [3.05, 3.63) is 70.2 Å². The van der Waals surface area contributed by atoms with E-state index in [0.717, 1.165) is 16.5 Å². The summed E-state index contributed by atoms with van der Waals surface area (Å²) in [4.78, 5) is 14.8. The SMILES string of the molecule is O=C1N(CCOc2cccc3ccccc23)c2c(Cl)ccc(Cl)c2C12OCCO2. The summed E-state index contributed by atoms with van der Waals surface area (Å²) in [5, 5.41) is 2.91. The van der Waals surface area contributed by atoms with Crippen LogP contribution < -0.4 is 9.64 Å². The molecule has 5 rings (SSSR count). The standard InChI is InChI=1S/C22H17Cl2NO4/c23-16-8-9-17(24)20-19(16)22(28-12-13-29-22)21(26)25(20)10-11-27-18-7-3-5-14-4-1-2-6-15(14)18/h1-9H,10-13H2. The number of fused-ring (bicyclic) bond motifs is 3. The minimum Gasteiger partial charge on any atom is -0.491 e. The Kier molecular flexibility index (Phi) is 4.63. The highest BCUT2D eigenvalue weighted by Gasteiger charge is 2.57. The van der Waals surface area contributed by atoms with Crippen LogP contribution in [0.4, 0.5) is 5.69 Å². The quantitative estimate of drug-likeness (QED) is 0.598. The van der Waals surface area contributed by atoms with Gasteiger partial charge in [0.25, 0.3) is 11.7 Å². The molecule has 2 aliphatic heterocycles. The number of nitrogens with zero attached hydrogens (tertiary/aromatic N) is 1. The van der Waals surface area contributed by atoms with Crippen molar-refractivity contribution >= 4 is 45.6 Å². The summed E-state index contributed by atoms with van der Waals surface area (Å²) >= 11 is 12.8. The molecule has 29 heavy (non-hydrogen) atoms. The van der Waals surface area contributed by atoms with E-state index in [1.165, 1.54) is 0 Å². The molecule has 0 unspecified atom stereocenters. The van der Waals surface area contributed by atoms with Gasteiger partial charge in [0.05, 0.1) is 41.1 Å². The van der Waals surface area contributed by atoms with Crippen LogP contribution in [0.5, 0.6) is 5.75 Å². The van der Waals surface area contributed by atoms with Gasteiger partial charge in [0.1, 0.15) is 12.4 Å². The second-order valence-corrected chi connectivity index (χ2v) is 7.66. The normalized spacial score (nSPS) is 17.3. The average Bonchev–Trinajstić information content (AvgIpc) is 3.32. The van der Waals surface area contributed by atoms with Gasteiger partial charge in [-0.05, 0) is 23.6 Å². The van der Waals surface area contributed by atoms with Gasteiger partial charge in [0.15, 0.2) is 0 Å². The molecule has 1 amide bonds. The van der Waals surface area contributed by atoms with E-state index in [-0.39, 0.29) is 19.1 Å². The number of benzene rings is 3. The molecule has 0 radical (unpaired) electrons. The van der Waals surface area contributed by atoms with Crippen LogP contribution in [0.1, 0.15) is 5.56 Å². The van der Waals surface area contributed by atoms with E-state index in [4.69, 9.17) is 37.4 Å². The zero-order chi connectivity index (χ0) is 20.0. The Morgan fingerprint density at radius 3 is 2.52 bits per heavy atom. The monoisotopic (exact) mass is 429 g/mol. The third-order valence-electron chi connectivity index (χ3n) is 5.22. The van der Waals surface area contributed by atoms with E-state index in [9.17, 15) is 4.79 Å². The third kappa shape index (κ3) is 2.89. The molecule has 1 saturated heterocycles. The second kappa shape index (κ2) is 7.18. The van der Waals surface area contributed by atoms with Crippen LogP contribution in [0.2, 0.25) is 10.0 Å². The summed E-state index contributed by atoms with van der Waals surface area (Å²) in [7, 11) is 0. The van der Waals surface area contributed by atoms with Crippen LogP contribution in [-0.4, -0.2) is 32.3 Å². The topological polar surface area (TPSA) is 48.0 Å². The first-order valence-electron chi connectivity index (χ1n) is 9.31. The van der Waals surface area contributed by atoms with Crippen LogP contribution in [0, 0.1) is 0 Å². The number of anilines is 1. The van der Waals surface area contributed by atoms with Crippen molar-refractivity contribution in [1.82, 2.24) is 0 Å². The number of halogens is 2. The lowest BCUT2D eigenvalue weighted by Crippen LogP contribution is -2.42. The van der Waals surface area contributed by atoms with Crippen molar-refractivity contribution in [3.8, 4) is 5.75 Å². The Morgan fingerprint density at radius 2 is 1.69 bits per heavy atom. The summed E-state index contributed by atoms with van der Waals surface area (Å²) < 4.78 is 17.5. The highest BCUT2D eigenvalue weighted by atomic mass is 35.5. The summed E-state index contributed by atoms with van der Waals surface area (Å²) in [5.74, 6) is -1.09. The molecule has 5 nitrogen and oxygen atoms in total. The first kappa shape index (κ1) is 18.7. The molecule has 3 aromatic carbocycles. The molecule has 3 aromatic rings. The maximum Gasteiger partial charge on any atom is 0.292 e. The lowest BCUT2D eigenvalue weighted by molar-refractivity contribution is -0.180. The molecule has 0 bridgehead atoms. The van der Waals surface area contributed by atoms with Gasteiger partial charge in [-0.3, -0.25) is 4.79 Å². The van der Waals surface area contributed by atoms with Gasteiger partial charge >= 0.3 is 0 Å². The van der Waals surface area contributed by atoms with E-state index in [2.05, 4.69) is 0 Å². The number of amides is 1. The van der Waals surface area contributed by atoms with E-state index < -0.39 is 5.79 Å². The van der Waals surface area contributed by atoms with Crippen LogP contribution >= 0.6 is 23.2 Å². The maximum atomic E-state index is 13.2. The average molecular weight is 430 g/mol. The van der Waals surface area contributed by atoms with E-state index >= 15 is 0 Å². The fraction of sp³-hybridized carbons (Fsp3) is 0.227. The minimum absolute atomic E-state index is 0.276. The van der Waals surface area contributed by atoms with Gasteiger partial charge in [0, 0.05) is 5.39 Å². The van der Waals surface area contributed by atoms with Gasteiger partial charge in [-0.2, -0.15) is 0 Å². The summed E-state index contributed by atoms with van der Waals surface area (Å²) in [6, 6.07) is 17.2. The smallest absolute Gasteiger partial charge is 0.292 e. The molecule has 0 aromatic heterocycles. The molecule has 2 heterocycles. The number of carbonyl (C=O) groups excluding carboxylic acids is 1. The Labute approximate surface area is 177 Å². The molecule has 0 aliphatic carbocycles. The molecule has 0 saturated carbocycles. The van der Waals surface area contributed by atoms with Gasteiger partial charge in [-0.1, -0.05) is 59.6 Å². The molecule has 0 atom stereocenters. The number of hydrogen-bond donors (Lipinski definition) is 0.